The number of nitrogens with one attached hydrogen (secondary N) is 1. The van der Waals surface area contributed by atoms with E-state index in [1.165, 1.54) is 41.2 Å². The third-order valence-corrected chi connectivity index (χ3v) is 4.52. The van der Waals surface area contributed by atoms with Crippen molar-refractivity contribution in [1.82, 2.24) is 4.98 Å². The zero-order valence-electron chi connectivity index (χ0n) is 15.0. The number of rotatable bonds is 7. The van der Waals surface area contributed by atoms with Crippen LogP contribution >= 0.6 is 11.3 Å². The van der Waals surface area contributed by atoms with Gasteiger partial charge in [0.2, 0.25) is 0 Å². The Labute approximate surface area is 165 Å². The Morgan fingerprint density at radius 3 is 2.82 bits per heavy atom. The van der Waals surface area contributed by atoms with E-state index < -0.39 is 10.9 Å². The average molecular weight is 395 g/mol. The number of carbonyl (C=O) groups excluding carboxylic acids is 1. The largest absolute Gasteiger partial charge is 0.456 e. The van der Waals surface area contributed by atoms with E-state index in [2.05, 4.69) is 10.3 Å². The molecular formula is C20H17N3O4S. The Kier molecular flexibility index (Phi) is 6.13. The third-order valence-electron chi connectivity index (χ3n) is 3.71. The molecule has 0 aliphatic heterocycles. The predicted molar refractivity (Wildman–Crippen MR) is 109 cm³/mol. The van der Waals surface area contributed by atoms with Gasteiger partial charge in [-0.15, -0.1) is 11.3 Å². The Hall–Kier alpha value is -3.52. The van der Waals surface area contributed by atoms with Gasteiger partial charge in [-0.2, -0.15) is 0 Å². The third kappa shape index (κ3) is 5.49. The lowest BCUT2D eigenvalue weighted by atomic mass is 10.2. The van der Waals surface area contributed by atoms with Crippen molar-refractivity contribution >= 4 is 39.9 Å². The summed E-state index contributed by atoms with van der Waals surface area (Å²) in [5, 5.41) is 16.5. The SMILES string of the molecule is Cc1ccc(Nc2nc(COC(=O)/C=C/c3cccc([N+](=O)[O-])c3)cs2)cc1. The Bertz CT molecular complexity index is 1010. The number of hydrogen-bond acceptors (Lipinski definition) is 7. The smallest absolute Gasteiger partial charge is 0.331 e. The van der Waals surface area contributed by atoms with E-state index in [-0.39, 0.29) is 12.3 Å². The molecule has 0 unspecified atom stereocenters. The van der Waals surface area contributed by atoms with Crippen molar-refractivity contribution < 1.29 is 14.5 Å². The van der Waals surface area contributed by atoms with Crippen LogP contribution in [0.5, 0.6) is 0 Å². The first-order valence-corrected chi connectivity index (χ1v) is 9.25. The highest BCUT2D eigenvalue weighted by molar-refractivity contribution is 7.13. The van der Waals surface area contributed by atoms with Crippen LogP contribution in [-0.2, 0) is 16.1 Å². The lowest BCUT2D eigenvalue weighted by molar-refractivity contribution is -0.384. The molecule has 2 aromatic carbocycles. The lowest BCUT2D eigenvalue weighted by Crippen LogP contribution is -2.01. The molecule has 0 aliphatic rings. The van der Waals surface area contributed by atoms with Crippen LogP contribution in [0.15, 0.2) is 60.0 Å². The minimum Gasteiger partial charge on any atom is -0.456 e. The zero-order chi connectivity index (χ0) is 19.9. The first-order valence-electron chi connectivity index (χ1n) is 8.37. The maximum absolute atomic E-state index is 11.9. The molecule has 0 aliphatic carbocycles. The van der Waals surface area contributed by atoms with E-state index in [1.807, 2.05) is 36.6 Å². The molecule has 3 rings (SSSR count). The number of anilines is 2. The van der Waals surface area contributed by atoms with Crippen molar-refractivity contribution in [2.75, 3.05) is 5.32 Å². The maximum Gasteiger partial charge on any atom is 0.331 e. The van der Waals surface area contributed by atoms with Gasteiger partial charge in [-0.1, -0.05) is 29.8 Å². The highest BCUT2D eigenvalue weighted by Gasteiger charge is 2.06. The van der Waals surface area contributed by atoms with Gasteiger partial charge in [0.1, 0.15) is 6.61 Å². The van der Waals surface area contributed by atoms with E-state index in [4.69, 9.17) is 4.74 Å². The first kappa shape index (κ1) is 19.2. The molecule has 0 amide bonds. The van der Waals surface area contributed by atoms with E-state index in [0.717, 1.165) is 5.69 Å². The molecule has 0 saturated heterocycles. The van der Waals surface area contributed by atoms with Crippen LogP contribution in [0.4, 0.5) is 16.5 Å². The van der Waals surface area contributed by atoms with E-state index in [0.29, 0.717) is 16.4 Å². The second kappa shape index (κ2) is 8.92. The molecule has 28 heavy (non-hydrogen) atoms. The van der Waals surface area contributed by atoms with Gasteiger partial charge in [-0.05, 0) is 30.7 Å². The molecule has 0 bridgehead atoms. The average Bonchev–Trinajstić information content (AvgIpc) is 3.14. The minimum absolute atomic E-state index is 0.0356. The van der Waals surface area contributed by atoms with Crippen LogP contribution in [0.3, 0.4) is 0 Å². The second-order valence-corrected chi connectivity index (χ2v) is 6.79. The summed E-state index contributed by atoms with van der Waals surface area (Å²) >= 11 is 1.42. The lowest BCUT2D eigenvalue weighted by Gasteiger charge is -2.02. The van der Waals surface area contributed by atoms with Crippen LogP contribution in [-0.4, -0.2) is 15.9 Å². The molecule has 8 heteroatoms. The van der Waals surface area contributed by atoms with Crippen molar-refractivity contribution in [3.05, 3.63) is 86.9 Å². The molecule has 3 aromatic rings. The first-order chi connectivity index (χ1) is 13.5. The molecule has 1 N–H and O–H groups in total. The van der Waals surface area contributed by atoms with Gasteiger partial charge in [0, 0.05) is 29.3 Å². The molecule has 0 radical (unpaired) electrons. The summed E-state index contributed by atoms with van der Waals surface area (Å²) in [6, 6.07) is 13.9. The fourth-order valence-electron chi connectivity index (χ4n) is 2.29. The predicted octanol–water partition coefficient (Wildman–Crippen LogP) is 4.86. The normalized spacial score (nSPS) is 10.8. The van der Waals surface area contributed by atoms with Crippen LogP contribution in [0, 0.1) is 17.0 Å². The van der Waals surface area contributed by atoms with Crippen molar-refractivity contribution in [3.63, 3.8) is 0 Å². The van der Waals surface area contributed by atoms with Crippen molar-refractivity contribution in [2.24, 2.45) is 0 Å². The number of thiazole rings is 1. The monoisotopic (exact) mass is 395 g/mol. The quantitative estimate of drug-likeness (QED) is 0.266. The van der Waals surface area contributed by atoms with E-state index >= 15 is 0 Å². The van der Waals surface area contributed by atoms with E-state index in [1.54, 1.807) is 12.1 Å². The molecule has 7 nitrogen and oxygen atoms in total. The number of benzene rings is 2. The van der Waals surface area contributed by atoms with Gasteiger partial charge >= 0.3 is 5.97 Å². The van der Waals surface area contributed by atoms with Crippen LogP contribution in [0.1, 0.15) is 16.8 Å². The van der Waals surface area contributed by atoms with E-state index in [9.17, 15) is 14.9 Å². The minimum atomic E-state index is -0.549. The topological polar surface area (TPSA) is 94.4 Å². The second-order valence-electron chi connectivity index (χ2n) is 5.93. The highest BCUT2D eigenvalue weighted by Crippen LogP contribution is 2.21. The van der Waals surface area contributed by atoms with Gasteiger partial charge in [0.25, 0.3) is 5.69 Å². The summed E-state index contributed by atoms with van der Waals surface area (Å²) in [4.78, 5) is 26.5. The number of carbonyl (C=O) groups is 1. The van der Waals surface area contributed by atoms with Gasteiger partial charge in [-0.3, -0.25) is 10.1 Å². The van der Waals surface area contributed by atoms with Gasteiger partial charge in [-0.25, -0.2) is 9.78 Å². The molecule has 1 heterocycles. The number of ether oxygens (including phenoxy) is 1. The number of hydrogen-bond donors (Lipinski definition) is 1. The van der Waals surface area contributed by atoms with Crippen molar-refractivity contribution in [1.29, 1.82) is 0 Å². The summed E-state index contributed by atoms with van der Waals surface area (Å²) in [6.45, 7) is 2.07. The highest BCUT2D eigenvalue weighted by atomic mass is 32.1. The summed E-state index contributed by atoms with van der Waals surface area (Å²) < 4.78 is 5.16. The number of nitro groups is 1. The van der Waals surface area contributed by atoms with Gasteiger partial charge in [0.15, 0.2) is 5.13 Å². The number of esters is 1. The zero-order valence-corrected chi connectivity index (χ0v) is 15.8. The molecule has 0 atom stereocenters. The summed E-state index contributed by atoms with van der Waals surface area (Å²) in [7, 11) is 0. The number of aryl methyl sites for hydroxylation is 1. The molecular weight excluding hydrogens is 378 g/mol. The number of nitro benzene ring substituents is 1. The van der Waals surface area contributed by atoms with Crippen LogP contribution in [0.2, 0.25) is 0 Å². The van der Waals surface area contributed by atoms with Crippen LogP contribution in [0.25, 0.3) is 6.08 Å². The molecule has 0 spiro atoms. The number of non-ortho nitro benzene ring substituents is 1. The van der Waals surface area contributed by atoms with Crippen molar-refractivity contribution in [2.45, 2.75) is 13.5 Å². The summed E-state index contributed by atoms with van der Waals surface area (Å²) in [5.74, 6) is -0.549. The number of aromatic nitrogens is 1. The maximum atomic E-state index is 11.9. The molecule has 142 valence electrons. The fourth-order valence-corrected chi connectivity index (χ4v) is 3.01. The number of nitrogens with zero attached hydrogens (tertiary/aromatic N) is 2. The standard InChI is InChI=1S/C20H17N3O4S/c1-14-5-8-16(9-6-14)21-20-22-17(13-28-20)12-27-19(24)10-7-15-3-2-4-18(11-15)23(25)26/h2-11,13H,12H2,1H3,(H,21,22)/b10-7+. The van der Waals surface area contributed by atoms with Gasteiger partial charge < -0.3 is 10.1 Å². The molecule has 0 fully saturated rings. The van der Waals surface area contributed by atoms with Crippen LogP contribution < -0.4 is 5.32 Å². The summed E-state index contributed by atoms with van der Waals surface area (Å²) in [6.07, 6.45) is 2.71. The Morgan fingerprint density at radius 2 is 2.07 bits per heavy atom. The van der Waals surface area contributed by atoms with Crippen molar-refractivity contribution in [3.8, 4) is 0 Å². The molecule has 0 saturated carbocycles. The Balaban J connectivity index is 1.52. The fraction of sp³-hybridized carbons (Fsp3) is 0.100. The van der Waals surface area contributed by atoms with Gasteiger partial charge in [0.05, 0.1) is 10.6 Å². The summed E-state index contributed by atoms with van der Waals surface area (Å²) in [5.41, 5.74) is 3.26. The molecule has 1 aromatic heterocycles. The Morgan fingerprint density at radius 1 is 1.29 bits per heavy atom.